The lowest BCUT2D eigenvalue weighted by Crippen LogP contribution is -2.26. The van der Waals surface area contributed by atoms with Crippen LogP contribution in [0.1, 0.15) is 0 Å². The first-order chi connectivity index (χ1) is 10.4. The minimum absolute atomic E-state index is 0.972. The van der Waals surface area contributed by atoms with Crippen molar-refractivity contribution in [3.05, 3.63) is 79.0 Å². The fraction of sp³-hybridized carbons (Fsp3) is 0. The first-order valence-corrected chi connectivity index (χ1v) is 6.93. The first kappa shape index (κ1) is 11.9. The molecule has 0 fully saturated rings. The van der Waals surface area contributed by atoms with E-state index in [1.165, 1.54) is 0 Å². The van der Waals surface area contributed by atoms with Crippen LogP contribution in [-0.2, 0) is 0 Å². The van der Waals surface area contributed by atoms with Gasteiger partial charge in [-0.3, -0.25) is 0 Å². The Morgan fingerprint density at radius 3 is 2.43 bits per heavy atom. The number of nitrogens with one attached hydrogen (secondary N) is 1. The summed E-state index contributed by atoms with van der Waals surface area (Å²) in [6.07, 6.45) is 1.97. The zero-order valence-corrected chi connectivity index (χ0v) is 11.4. The lowest BCUT2D eigenvalue weighted by atomic mass is 10.1. The molecule has 0 amide bonds. The molecule has 1 N–H and O–H groups in total. The fourth-order valence-electron chi connectivity index (χ4n) is 2.54. The Kier molecular flexibility index (Phi) is 2.75. The van der Waals surface area contributed by atoms with Gasteiger partial charge in [0.2, 0.25) is 6.20 Å². The largest absolute Gasteiger partial charge is 0.349 e. The lowest BCUT2D eigenvalue weighted by molar-refractivity contribution is -0.577. The molecule has 0 saturated heterocycles. The average molecular weight is 272 g/mol. The molecule has 100 valence electrons. The summed E-state index contributed by atoms with van der Waals surface area (Å²) in [7, 11) is 0. The van der Waals surface area contributed by atoms with Crippen molar-refractivity contribution in [2.45, 2.75) is 0 Å². The maximum Gasteiger partial charge on any atom is 0.262 e. The maximum absolute atomic E-state index is 4.66. The predicted molar refractivity (Wildman–Crippen MR) is 84.6 cm³/mol. The number of nitrogens with zero attached hydrogens (tertiary/aromatic N) is 2. The number of pyridine rings is 1. The van der Waals surface area contributed by atoms with Crippen LogP contribution in [0.5, 0.6) is 0 Å². The molecule has 4 aromatic rings. The van der Waals surface area contributed by atoms with Gasteiger partial charge in [0, 0.05) is 28.3 Å². The van der Waals surface area contributed by atoms with Gasteiger partial charge in [-0.1, -0.05) is 36.4 Å². The van der Waals surface area contributed by atoms with Crippen molar-refractivity contribution in [3.8, 4) is 0 Å². The van der Waals surface area contributed by atoms with E-state index >= 15 is 0 Å². The number of benzene rings is 2. The highest BCUT2D eigenvalue weighted by Gasteiger charge is 2.15. The number of aromatic nitrogens is 2. The van der Waals surface area contributed by atoms with E-state index < -0.39 is 0 Å². The van der Waals surface area contributed by atoms with Crippen LogP contribution in [0.3, 0.4) is 0 Å². The Labute approximate surface area is 122 Å². The van der Waals surface area contributed by atoms with Gasteiger partial charge < -0.3 is 5.32 Å². The molecule has 0 aliphatic rings. The zero-order valence-electron chi connectivity index (χ0n) is 11.4. The van der Waals surface area contributed by atoms with Crippen LogP contribution in [0.4, 0.5) is 11.4 Å². The molecule has 0 unspecified atom stereocenters. The van der Waals surface area contributed by atoms with Crippen molar-refractivity contribution in [2.75, 3.05) is 5.32 Å². The minimum Gasteiger partial charge on any atom is -0.349 e. The smallest absolute Gasteiger partial charge is 0.262 e. The van der Waals surface area contributed by atoms with Crippen LogP contribution >= 0.6 is 0 Å². The summed E-state index contributed by atoms with van der Waals surface area (Å²) in [6, 6.07) is 24.5. The van der Waals surface area contributed by atoms with E-state index in [-0.39, 0.29) is 0 Å². The van der Waals surface area contributed by atoms with Gasteiger partial charge in [-0.15, -0.1) is 0 Å². The van der Waals surface area contributed by atoms with E-state index in [1.54, 1.807) is 0 Å². The molecule has 0 atom stereocenters. The molecule has 0 spiro atoms. The fourth-order valence-corrected chi connectivity index (χ4v) is 2.54. The van der Waals surface area contributed by atoms with Gasteiger partial charge in [0.25, 0.3) is 5.52 Å². The Morgan fingerprint density at radius 1 is 0.762 bits per heavy atom. The zero-order chi connectivity index (χ0) is 14.1. The number of para-hydroxylation sites is 1. The average Bonchev–Trinajstić information content (AvgIpc) is 2.55. The van der Waals surface area contributed by atoms with Crippen LogP contribution in [0, 0.1) is 0 Å². The molecule has 0 saturated carbocycles. The van der Waals surface area contributed by atoms with E-state index in [9.17, 15) is 0 Å². The third-order valence-electron chi connectivity index (χ3n) is 3.53. The molecule has 0 radical (unpaired) electrons. The van der Waals surface area contributed by atoms with Gasteiger partial charge in [0.1, 0.15) is 11.2 Å². The van der Waals surface area contributed by atoms with Crippen molar-refractivity contribution >= 4 is 27.8 Å². The van der Waals surface area contributed by atoms with Crippen molar-refractivity contribution in [1.29, 1.82) is 0 Å². The predicted octanol–water partition coefficient (Wildman–Crippen LogP) is 3.72. The summed E-state index contributed by atoms with van der Waals surface area (Å²) >= 11 is 0. The SMILES string of the molecule is c1ccc(Nc2c3ccccc3n[n+]3ccccc23)cc1. The van der Waals surface area contributed by atoms with E-state index in [2.05, 4.69) is 34.7 Å². The molecule has 0 bridgehead atoms. The quantitative estimate of drug-likeness (QED) is 0.445. The minimum atomic E-state index is 0.972. The normalized spacial score (nSPS) is 10.9. The molecule has 3 nitrogen and oxygen atoms in total. The Balaban J connectivity index is 2.02. The highest BCUT2D eigenvalue weighted by Crippen LogP contribution is 2.27. The molecule has 4 rings (SSSR count). The Hall–Kier alpha value is -2.94. The van der Waals surface area contributed by atoms with Gasteiger partial charge in [-0.05, 0) is 28.8 Å². The number of hydrogen-bond acceptors (Lipinski definition) is 2. The molecule has 21 heavy (non-hydrogen) atoms. The number of hydrogen-bond donors (Lipinski definition) is 1. The molecule has 3 heteroatoms. The van der Waals surface area contributed by atoms with Gasteiger partial charge in [-0.25, -0.2) is 0 Å². The molecular formula is C18H14N3+. The van der Waals surface area contributed by atoms with Gasteiger partial charge in [0.15, 0.2) is 0 Å². The van der Waals surface area contributed by atoms with E-state index in [4.69, 9.17) is 0 Å². The van der Waals surface area contributed by atoms with Crippen LogP contribution < -0.4 is 9.83 Å². The van der Waals surface area contributed by atoms with Crippen molar-refractivity contribution < 1.29 is 4.52 Å². The van der Waals surface area contributed by atoms with Gasteiger partial charge in [-0.2, -0.15) is 0 Å². The second-order valence-electron chi connectivity index (χ2n) is 4.91. The second kappa shape index (κ2) is 4.87. The maximum atomic E-state index is 4.66. The lowest BCUT2D eigenvalue weighted by Gasteiger charge is -2.08. The number of fused-ring (bicyclic) bond motifs is 2. The van der Waals surface area contributed by atoms with E-state index in [0.717, 1.165) is 27.8 Å². The molecule has 0 aliphatic heterocycles. The summed E-state index contributed by atoms with van der Waals surface area (Å²) < 4.78 is 1.91. The summed E-state index contributed by atoms with van der Waals surface area (Å²) in [5.74, 6) is 0. The highest BCUT2D eigenvalue weighted by molar-refractivity contribution is 5.98. The highest BCUT2D eigenvalue weighted by atomic mass is 15.2. The standard InChI is InChI=1S/C18H14N3/c1-2-8-14(9-3-1)19-18-15-10-4-5-11-16(15)20-21-13-7-6-12-17(18)21/h1-13H,(H,19,20)/q+1. The molecule has 2 heterocycles. The Bertz CT molecular complexity index is 863. The van der Waals surface area contributed by atoms with Crippen molar-refractivity contribution in [1.82, 2.24) is 5.10 Å². The number of rotatable bonds is 2. The summed E-state index contributed by atoms with van der Waals surface area (Å²) in [4.78, 5) is 0. The van der Waals surface area contributed by atoms with Crippen LogP contribution in [0.2, 0.25) is 0 Å². The van der Waals surface area contributed by atoms with Crippen molar-refractivity contribution in [2.24, 2.45) is 0 Å². The van der Waals surface area contributed by atoms with Gasteiger partial charge in [0.05, 0.1) is 0 Å². The summed E-state index contributed by atoms with van der Waals surface area (Å²) in [6.45, 7) is 0. The second-order valence-corrected chi connectivity index (χ2v) is 4.91. The summed E-state index contributed by atoms with van der Waals surface area (Å²) in [5.41, 5.74) is 4.17. The molecule has 0 aliphatic carbocycles. The third kappa shape index (κ3) is 2.09. The number of anilines is 2. The van der Waals surface area contributed by atoms with Gasteiger partial charge >= 0.3 is 0 Å². The molecule has 2 aromatic carbocycles. The summed E-state index contributed by atoms with van der Waals surface area (Å²) in [5, 5.41) is 9.30. The monoisotopic (exact) mass is 272 g/mol. The van der Waals surface area contributed by atoms with Crippen LogP contribution in [0.15, 0.2) is 79.0 Å². The first-order valence-electron chi connectivity index (χ1n) is 6.93. The molecular weight excluding hydrogens is 258 g/mol. The topological polar surface area (TPSA) is 29.0 Å². The Morgan fingerprint density at radius 2 is 1.52 bits per heavy atom. The molecule has 2 aromatic heterocycles. The van der Waals surface area contributed by atoms with E-state index in [1.807, 2.05) is 59.2 Å². The van der Waals surface area contributed by atoms with Crippen LogP contribution in [0.25, 0.3) is 16.4 Å². The van der Waals surface area contributed by atoms with Crippen LogP contribution in [-0.4, -0.2) is 5.10 Å². The third-order valence-corrected chi connectivity index (χ3v) is 3.53. The van der Waals surface area contributed by atoms with Crippen molar-refractivity contribution in [3.63, 3.8) is 0 Å². The van der Waals surface area contributed by atoms with E-state index in [0.29, 0.717) is 0 Å².